The number of hydrogen-bond acceptors (Lipinski definition) is 3. The van der Waals surface area contributed by atoms with Crippen LogP contribution in [0.4, 0.5) is 0 Å². The maximum Gasteiger partial charge on any atom is 0.116 e. The first-order valence-corrected chi connectivity index (χ1v) is 4.47. The van der Waals surface area contributed by atoms with Gasteiger partial charge in [-0.05, 0) is 23.3 Å². The smallest absolute Gasteiger partial charge is 0.116 e. The summed E-state index contributed by atoms with van der Waals surface area (Å²) in [5, 5.41) is 9.33. The maximum atomic E-state index is 9.33. The average molecular weight is 187 g/mol. The Bertz CT molecular complexity index is 449. The number of hydroxylamine groups is 1. The minimum absolute atomic E-state index is 0.107. The number of rotatable bonds is 0. The highest BCUT2D eigenvalue weighted by atomic mass is 16.6. The Morgan fingerprint density at radius 1 is 1.29 bits per heavy atom. The first-order valence-electron chi connectivity index (χ1n) is 4.47. The van der Waals surface area contributed by atoms with Crippen molar-refractivity contribution in [2.75, 3.05) is 0 Å². The van der Waals surface area contributed by atoms with Gasteiger partial charge in [0.05, 0.1) is 6.04 Å². The van der Waals surface area contributed by atoms with Gasteiger partial charge in [0.25, 0.3) is 0 Å². The summed E-state index contributed by atoms with van der Waals surface area (Å²) in [5.74, 6) is 0.291. The van der Waals surface area contributed by atoms with E-state index in [0.29, 0.717) is 5.75 Å². The fourth-order valence-electron chi connectivity index (χ4n) is 1.84. The Balaban J connectivity index is 2.18. The number of nitrogens with one attached hydrogen (secondary N) is 1. The van der Waals surface area contributed by atoms with E-state index in [-0.39, 0.29) is 6.04 Å². The third-order valence-corrected chi connectivity index (χ3v) is 2.55. The summed E-state index contributed by atoms with van der Waals surface area (Å²) in [4.78, 5) is 5.05. The zero-order chi connectivity index (χ0) is 9.54. The molecule has 2 aliphatic rings. The summed E-state index contributed by atoms with van der Waals surface area (Å²) in [6, 6.07) is 5.46. The molecular formula is C11H9NO2. The SMILES string of the molecule is Oc1ccc2c(c1)C=CC1=CONC12. The summed E-state index contributed by atoms with van der Waals surface area (Å²) in [6.07, 6.45) is 5.68. The van der Waals surface area contributed by atoms with Gasteiger partial charge in [-0.3, -0.25) is 0 Å². The van der Waals surface area contributed by atoms with Crippen molar-refractivity contribution >= 4 is 6.08 Å². The number of aromatic hydroxyl groups is 1. The number of hydrogen-bond donors (Lipinski definition) is 2. The van der Waals surface area contributed by atoms with Crippen molar-refractivity contribution in [3.63, 3.8) is 0 Å². The van der Waals surface area contributed by atoms with E-state index in [2.05, 4.69) is 5.48 Å². The van der Waals surface area contributed by atoms with Crippen LogP contribution in [0.2, 0.25) is 0 Å². The molecule has 1 aromatic rings. The summed E-state index contributed by atoms with van der Waals surface area (Å²) in [6.45, 7) is 0. The van der Waals surface area contributed by atoms with E-state index in [9.17, 15) is 5.11 Å². The molecule has 1 unspecified atom stereocenters. The predicted molar refractivity (Wildman–Crippen MR) is 52.2 cm³/mol. The Hall–Kier alpha value is -1.74. The second kappa shape index (κ2) is 2.62. The number of fused-ring (bicyclic) bond motifs is 3. The van der Waals surface area contributed by atoms with E-state index in [0.717, 1.165) is 16.7 Å². The van der Waals surface area contributed by atoms with Gasteiger partial charge in [-0.2, -0.15) is 0 Å². The van der Waals surface area contributed by atoms with Gasteiger partial charge in [0.1, 0.15) is 12.0 Å². The van der Waals surface area contributed by atoms with Gasteiger partial charge >= 0.3 is 0 Å². The normalized spacial score (nSPS) is 22.3. The molecule has 1 aliphatic carbocycles. The highest BCUT2D eigenvalue weighted by molar-refractivity contribution is 5.65. The average Bonchev–Trinajstić information content (AvgIpc) is 2.65. The molecular weight excluding hydrogens is 178 g/mol. The first-order chi connectivity index (χ1) is 6.84. The van der Waals surface area contributed by atoms with Crippen LogP contribution in [0.15, 0.2) is 36.1 Å². The Morgan fingerprint density at radius 3 is 3.14 bits per heavy atom. The Kier molecular flexibility index (Phi) is 1.43. The molecule has 0 saturated carbocycles. The van der Waals surface area contributed by atoms with Crippen LogP contribution in [0.5, 0.6) is 5.75 Å². The third kappa shape index (κ3) is 0.961. The van der Waals surface area contributed by atoms with Gasteiger partial charge in [0.15, 0.2) is 0 Å². The van der Waals surface area contributed by atoms with E-state index in [4.69, 9.17) is 4.84 Å². The van der Waals surface area contributed by atoms with Crippen LogP contribution in [-0.4, -0.2) is 5.11 Å². The molecule has 14 heavy (non-hydrogen) atoms. The standard InChI is InChI=1S/C11H9NO2/c13-9-3-4-10-7(5-9)1-2-8-6-14-12-11(8)10/h1-6,11-13H. The molecule has 0 radical (unpaired) electrons. The van der Waals surface area contributed by atoms with Crippen molar-refractivity contribution < 1.29 is 9.94 Å². The van der Waals surface area contributed by atoms with Crippen LogP contribution in [0.3, 0.4) is 0 Å². The minimum Gasteiger partial charge on any atom is -0.508 e. The van der Waals surface area contributed by atoms with Gasteiger partial charge in [-0.25, -0.2) is 0 Å². The zero-order valence-electron chi connectivity index (χ0n) is 7.40. The predicted octanol–water partition coefficient (Wildman–Crippen LogP) is 1.88. The molecule has 2 N–H and O–H groups in total. The maximum absolute atomic E-state index is 9.33. The lowest BCUT2D eigenvalue weighted by molar-refractivity contribution is 0.142. The summed E-state index contributed by atoms with van der Waals surface area (Å²) in [5.41, 5.74) is 6.19. The fraction of sp³-hybridized carbons (Fsp3) is 0.0909. The number of benzene rings is 1. The van der Waals surface area contributed by atoms with Crippen LogP contribution < -0.4 is 5.48 Å². The molecule has 3 rings (SSSR count). The molecule has 1 atom stereocenters. The molecule has 0 spiro atoms. The third-order valence-electron chi connectivity index (χ3n) is 2.55. The molecule has 0 aromatic heterocycles. The lowest BCUT2D eigenvalue weighted by Gasteiger charge is -2.18. The number of phenols is 1. The van der Waals surface area contributed by atoms with Crippen molar-refractivity contribution in [3.8, 4) is 5.75 Å². The van der Waals surface area contributed by atoms with Crippen LogP contribution in [0, 0.1) is 0 Å². The van der Waals surface area contributed by atoms with Gasteiger partial charge < -0.3 is 9.94 Å². The monoisotopic (exact) mass is 187 g/mol. The lowest BCUT2D eigenvalue weighted by Crippen LogP contribution is -2.17. The highest BCUT2D eigenvalue weighted by Gasteiger charge is 2.25. The second-order valence-corrected chi connectivity index (χ2v) is 3.43. The Labute approximate surface area is 81.3 Å². The lowest BCUT2D eigenvalue weighted by atomic mass is 9.90. The van der Waals surface area contributed by atoms with E-state index < -0.39 is 0 Å². The molecule has 1 aromatic carbocycles. The van der Waals surface area contributed by atoms with Crippen molar-refractivity contribution in [2.45, 2.75) is 6.04 Å². The molecule has 0 fully saturated rings. The van der Waals surface area contributed by atoms with Crippen LogP contribution >= 0.6 is 0 Å². The van der Waals surface area contributed by atoms with Crippen molar-refractivity contribution in [2.24, 2.45) is 0 Å². The summed E-state index contributed by atoms with van der Waals surface area (Å²) >= 11 is 0. The van der Waals surface area contributed by atoms with Gasteiger partial charge in [0, 0.05) is 5.57 Å². The zero-order valence-corrected chi connectivity index (χ0v) is 7.40. The molecule has 1 aliphatic heterocycles. The summed E-state index contributed by atoms with van der Waals surface area (Å²) in [7, 11) is 0. The first kappa shape index (κ1) is 7.64. The Morgan fingerprint density at radius 2 is 2.21 bits per heavy atom. The van der Waals surface area contributed by atoms with Crippen molar-refractivity contribution in [3.05, 3.63) is 47.2 Å². The van der Waals surface area contributed by atoms with E-state index in [1.807, 2.05) is 18.2 Å². The minimum atomic E-state index is 0.107. The molecule has 0 saturated heterocycles. The van der Waals surface area contributed by atoms with E-state index >= 15 is 0 Å². The van der Waals surface area contributed by atoms with Gasteiger partial charge in [-0.15, -0.1) is 5.48 Å². The molecule has 1 heterocycles. The van der Waals surface area contributed by atoms with Crippen molar-refractivity contribution in [1.82, 2.24) is 5.48 Å². The fourth-order valence-corrected chi connectivity index (χ4v) is 1.84. The highest BCUT2D eigenvalue weighted by Crippen LogP contribution is 2.35. The van der Waals surface area contributed by atoms with E-state index in [1.165, 1.54) is 0 Å². The molecule has 3 heteroatoms. The largest absolute Gasteiger partial charge is 0.508 e. The van der Waals surface area contributed by atoms with Crippen LogP contribution in [0.1, 0.15) is 17.2 Å². The quantitative estimate of drug-likeness (QED) is 0.651. The molecule has 0 amide bonds. The number of phenolic OH excluding ortho intramolecular Hbond substituents is 1. The second-order valence-electron chi connectivity index (χ2n) is 3.43. The van der Waals surface area contributed by atoms with E-state index in [1.54, 1.807) is 18.4 Å². The topological polar surface area (TPSA) is 41.5 Å². The van der Waals surface area contributed by atoms with Crippen molar-refractivity contribution in [1.29, 1.82) is 0 Å². The van der Waals surface area contributed by atoms with Gasteiger partial charge in [0.2, 0.25) is 0 Å². The van der Waals surface area contributed by atoms with Crippen LogP contribution in [0.25, 0.3) is 6.08 Å². The molecule has 3 nitrogen and oxygen atoms in total. The molecule has 70 valence electrons. The van der Waals surface area contributed by atoms with Gasteiger partial charge in [-0.1, -0.05) is 18.2 Å². The summed E-state index contributed by atoms with van der Waals surface area (Å²) < 4.78 is 0. The van der Waals surface area contributed by atoms with Crippen LogP contribution in [-0.2, 0) is 4.84 Å². The molecule has 0 bridgehead atoms.